The number of nitrogens with zero attached hydrogens (tertiary/aromatic N) is 1. The number of allylic oxidation sites excluding steroid dienone is 12. The third kappa shape index (κ3) is 6.68. The lowest BCUT2D eigenvalue weighted by atomic mass is 9.61. The SMILES string of the molecule is C1=CC2C(C(c3c(-c4ccc(N(C5=CC=C6c7ccccc7C(C7=CCCC=C7)(c7ccccc7)C6C5)c5ccccc5)cc4)ccc4c3=CCCC=4)=C1)c1ccccc1C2(c1ccccc1)c1ccccc1. The maximum Gasteiger partial charge on any atom is 0.0526 e. The summed E-state index contributed by atoms with van der Waals surface area (Å²) in [5, 5.41) is 2.70. The van der Waals surface area contributed by atoms with Crippen molar-refractivity contribution in [3.63, 3.8) is 0 Å². The van der Waals surface area contributed by atoms with Gasteiger partial charge in [-0.05, 0) is 145 Å². The molecule has 0 spiro atoms. The minimum absolute atomic E-state index is 0.149. The zero-order valence-electron chi connectivity index (χ0n) is 41.1. The van der Waals surface area contributed by atoms with Gasteiger partial charge in [0.2, 0.25) is 0 Å². The van der Waals surface area contributed by atoms with Gasteiger partial charge in [0.15, 0.2) is 0 Å². The normalized spacial score (nSPS) is 21.6. The van der Waals surface area contributed by atoms with Gasteiger partial charge in [0, 0.05) is 34.8 Å². The molecule has 0 saturated carbocycles. The van der Waals surface area contributed by atoms with Crippen LogP contribution in [0.3, 0.4) is 0 Å². The Morgan fingerprint density at radius 2 is 1.07 bits per heavy atom. The van der Waals surface area contributed by atoms with Crippen LogP contribution in [0, 0.1) is 11.8 Å². The Morgan fingerprint density at radius 1 is 0.452 bits per heavy atom. The van der Waals surface area contributed by atoms with Gasteiger partial charge in [0.25, 0.3) is 0 Å². The van der Waals surface area contributed by atoms with Gasteiger partial charge in [-0.3, -0.25) is 0 Å². The van der Waals surface area contributed by atoms with E-state index >= 15 is 0 Å². The first-order chi connectivity index (χ1) is 36.2. The molecule has 0 saturated heterocycles. The maximum absolute atomic E-state index is 2.53. The van der Waals surface area contributed by atoms with Gasteiger partial charge in [0.05, 0.1) is 10.8 Å². The molecule has 0 N–H and O–H groups in total. The van der Waals surface area contributed by atoms with Crippen LogP contribution in [-0.4, -0.2) is 0 Å². The molecular weight excluding hydrogens is 879 g/mol. The molecule has 0 aliphatic heterocycles. The Labute approximate surface area is 430 Å². The highest BCUT2D eigenvalue weighted by atomic mass is 15.1. The van der Waals surface area contributed by atoms with Crippen molar-refractivity contribution in [3.8, 4) is 11.1 Å². The lowest BCUT2D eigenvalue weighted by Crippen LogP contribution is -2.37. The van der Waals surface area contributed by atoms with Crippen LogP contribution in [0.1, 0.15) is 82.5 Å². The van der Waals surface area contributed by atoms with Gasteiger partial charge in [-0.25, -0.2) is 0 Å². The van der Waals surface area contributed by atoms with Gasteiger partial charge >= 0.3 is 0 Å². The van der Waals surface area contributed by atoms with Crippen LogP contribution in [0.15, 0.2) is 266 Å². The predicted octanol–water partition coefficient (Wildman–Crippen LogP) is 16.1. The quantitative estimate of drug-likeness (QED) is 0.139. The number of rotatable bonds is 9. The Hall–Kier alpha value is -8.26. The van der Waals surface area contributed by atoms with Crippen molar-refractivity contribution in [2.75, 3.05) is 4.90 Å². The molecule has 0 amide bonds. The molecular formula is C72H57N. The topological polar surface area (TPSA) is 3.24 Å². The van der Waals surface area contributed by atoms with E-state index in [1.807, 2.05) is 0 Å². The standard InChI is InChI=1S/C72H57N/c1-6-24-52(25-7-1)71(53-26-8-2-9-27-53)66-39-21-19-36-63(66)70-64(37-22-40-67(70)71)69-59-34-17-16-23-50(59)43-47-60(69)51-41-44-57(45-42-51)73(56-32-14-5-15-33-56)58-46-48-62-61-35-18-20-38-65(61)72(68(62)49-58,54-28-10-3-11-29-54)55-30-12-4-13-31-55/h1-3,5-12,14-15,18-48,67-68,70H,4,13,16-17,49H2. The van der Waals surface area contributed by atoms with E-state index < -0.39 is 0 Å². The summed E-state index contributed by atoms with van der Waals surface area (Å²) in [6.45, 7) is 0. The molecule has 73 heavy (non-hydrogen) atoms. The molecule has 6 aliphatic carbocycles. The second-order valence-electron chi connectivity index (χ2n) is 20.7. The molecule has 6 aliphatic rings. The third-order valence-electron chi connectivity index (χ3n) is 17.3. The Morgan fingerprint density at radius 3 is 1.78 bits per heavy atom. The van der Waals surface area contributed by atoms with Crippen LogP contribution >= 0.6 is 0 Å². The van der Waals surface area contributed by atoms with Crippen LogP contribution < -0.4 is 15.3 Å². The zero-order valence-corrected chi connectivity index (χ0v) is 41.1. The number of fused-ring (bicyclic) bond motifs is 7. The van der Waals surface area contributed by atoms with Crippen LogP contribution in [0.5, 0.6) is 0 Å². The molecule has 1 nitrogen and oxygen atoms in total. The predicted molar refractivity (Wildman–Crippen MR) is 305 cm³/mol. The summed E-state index contributed by atoms with van der Waals surface area (Å²) in [6, 6.07) is 77.8. The molecule has 0 bridgehead atoms. The van der Waals surface area contributed by atoms with E-state index in [4.69, 9.17) is 0 Å². The second-order valence-corrected chi connectivity index (χ2v) is 20.7. The third-order valence-corrected chi connectivity index (χ3v) is 17.3. The smallest absolute Gasteiger partial charge is 0.0526 e. The van der Waals surface area contributed by atoms with Gasteiger partial charge in [-0.1, -0.05) is 237 Å². The summed E-state index contributed by atoms with van der Waals surface area (Å²) < 4.78 is 0. The van der Waals surface area contributed by atoms with E-state index in [0.29, 0.717) is 0 Å². The molecule has 0 fully saturated rings. The first-order valence-corrected chi connectivity index (χ1v) is 26.6. The molecule has 0 radical (unpaired) electrons. The fourth-order valence-corrected chi connectivity index (χ4v) is 14.4. The molecule has 350 valence electrons. The summed E-state index contributed by atoms with van der Waals surface area (Å²) in [6.07, 6.45) is 29.6. The fourth-order valence-electron chi connectivity index (χ4n) is 14.4. The van der Waals surface area contributed by atoms with E-state index in [1.54, 1.807) is 0 Å². The van der Waals surface area contributed by atoms with Crippen molar-refractivity contribution in [2.24, 2.45) is 11.8 Å². The molecule has 4 unspecified atom stereocenters. The molecule has 4 atom stereocenters. The van der Waals surface area contributed by atoms with E-state index in [9.17, 15) is 0 Å². The highest BCUT2D eigenvalue weighted by molar-refractivity contribution is 5.90. The number of hydrogen-bond acceptors (Lipinski definition) is 1. The van der Waals surface area contributed by atoms with Gasteiger partial charge < -0.3 is 4.90 Å². The van der Waals surface area contributed by atoms with Crippen LogP contribution in [0.25, 0.3) is 34.4 Å². The van der Waals surface area contributed by atoms with Crippen LogP contribution in [-0.2, 0) is 10.8 Å². The highest BCUT2D eigenvalue weighted by Gasteiger charge is 2.55. The van der Waals surface area contributed by atoms with Crippen molar-refractivity contribution in [3.05, 3.63) is 321 Å². The lowest BCUT2D eigenvalue weighted by molar-refractivity contribution is 0.462. The van der Waals surface area contributed by atoms with E-state index in [2.05, 4.69) is 272 Å². The first-order valence-electron chi connectivity index (χ1n) is 26.6. The molecule has 1 heteroatoms. The molecule has 14 rings (SSSR count). The van der Waals surface area contributed by atoms with Crippen LogP contribution in [0.4, 0.5) is 11.4 Å². The van der Waals surface area contributed by atoms with Crippen molar-refractivity contribution in [1.29, 1.82) is 0 Å². The largest absolute Gasteiger partial charge is 0.314 e. The molecule has 8 aromatic carbocycles. The van der Waals surface area contributed by atoms with Crippen molar-refractivity contribution >= 4 is 34.7 Å². The van der Waals surface area contributed by atoms with E-state index in [0.717, 1.165) is 37.8 Å². The van der Waals surface area contributed by atoms with Crippen LogP contribution in [0.2, 0.25) is 0 Å². The molecule has 8 aromatic rings. The zero-order chi connectivity index (χ0) is 48.3. The summed E-state index contributed by atoms with van der Waals surface area (Å²) in [5.74, 6) is 0.531. The highest BCUT2D eigenvalue weighted by Crippen LogP contribution is 2.64. The maximum atomic E-state index is 2.53. The molecule has 0 heterocycles. The molecule has 0 aromatic heterocycles. The second kappa shape index (κ2) is 17.8. The van der Waals surface area contributed by atoms with Crippen molar-refractivity contribution in [2.45, 2.75) is 48.9 Å². The van der Waals surface area contributed by atoms with Crippen molar-refractivity contribution in [1.82, 2.24) is 0 Å². The summed E-state index contributed by atoms with van der Waals surface area (Å²) in [7, 11) is 0. The van der Waals surface area contributed by atoms with Gasteiger partial charge in [-0.15, -0.1) is 0 Å². The summed E-state index contributed by atoms with van der Waals surface area (Å²) >= 11 is 0. The van der Waals surface area contributed by atoms with E-state index in [-0.39, 0.29) is 28.6 Å². The summed E-state index contributed by atoms with van der Waals surface area (Å²) in [4.78, 5) is 2.53. The van der Waals surface area contributed by atoms with Gasteiger partial charge in [-0.2, -0.15) is 0 Å². The first kappa shape index (κ1) is 43.5. The number of hydrogen-bond donors (Lipinski definition) is 0. The van der Waals surface area contributed by atoms with Crippen molar-refractivity contribution < 1.29 is 0 Å². The monoisotopic (exact) mass is 935 g/mol. The fraction of sp³-hybridized carbons (Fsp3) is 0.139. The average Bonchev–Trinajstić information content (AvgIpc) is 3.96. The average molecular weight is 936 g/mol. The van der Waals surface area contributed by atoms with Gasteiger partial charge in [0.1, 0.15) is 0 Å². The minimum Gasteiger partial charge on any atom is -0.314 e. The number of para-hydroxylation sites is 1. The number of benzene rings is 8. The minimum atomic E-state index is -0.358. The lowest BCUT2D eigenvalue weighted by Gasteiger charge is -2.42. The Kier molecular flexibility index (Phi) is 10.6. The Bertz CT molecular complexity index is 3720. The number of anilines is 2. The summed E-state index contributed by atoms with van der Waals surface area (Å²) in [5.41, 5.74) is 20.7. The Balaban J connectivity index is 0.897. The van der Waals surface area contributed by atoms with E-state index in [1.165, 1.54) is 94.2 Å².